The number of benzene rings is 1. The highest BCUT2D eigenvalue weighted by Gasteiger charge is 2.62. The number of aromatic nitrogens is 5. The van der Waals surface area contributed by atoms with E-state index in [9.17, 15) is 4.79 Å². The number of thioether (sulfide) groups is 1. The minimum atomic E-state index is -0.545. The molecular formula is C20H22ClN7O2S. The van der Waals surface area contributed by atoms with Crippen molar-refractivity contribution in [2.45, 2.75) is 43.5 Å². The van der Waals surface area contributed by atoms with Gasteiger partial charge in [-0.1, -0.05) is 18.5 Å². The molecule has 2 bridgehead atoms. The molecule has 11 heteroatoms. The Hall–Kier alpha value is -2.59. The summed E-state index contributed by atoms with van der Waals surface area (Å²) in [5, 5.41) is 18.7. The van der Waals surface area contributed by atoms with Crippen LogP contribution in [0.5, 0.6) is 0 Å². The minimum Gasteiger partial charge on any atom is -0.422 e. The lowest BCUT2D eigenvalue weighted by Crippen LogP contribution is -2.70. The molecule has 1 saturated heterocycles. The Labute approximate surface area is 188 Å². The Bertz CT molecular complexity index is 1100. The largest absolute Gasteiger partial charge is 0.422 e. The summed E-state index contributed by atoms with van der Waals surface area (Å²) in [7, 11) is 0. The Morgan fingerprint density at radius 2 is 2.29 bits per heavy atom. The third-order valence-corrected chi connectivity index (χ3v) is 6.86. The van der Waals surface area contributed by atoms with Crippen molar-refractivity contribution < 1.29 is 9.21 Å². The van der Waals surface area contributed by atoms with Crippen molar-refractivity contribution in [3.8, 4) is 11.4 Å². The van der Waals surface area contributed by atoms with Crippen molar-refractivity contribution >= 4 is 35.1 Å². The van der Waals surface area contributed by atoms with Crippen LogP contribution >= 0.6 is 23.4 Å². The predicted molar refractivity (Wildman–Crippen MR) is 118 cm³/mol. The third kappa shape index (κ3) is 3.47. The maximum absolute atomic E-state index is 13.4. The molecule has 2 aromatic heterocycles. The molecule has 3 heterocycles. The number of hydrogen-bond donors (Lipinski definition) is 2. The molecule has 1 aliphatic heterocycles. The lowest BCUT2D eigenvalue weighted by molar-refractivity contribution is -0.110. The van der Waals surface area contributed by atoms with Crippen LogP contribution in [-0.4, -0.2) is 48.6 Å². The Morgan fingerprint density at radius 1 is 1.42 bits per heavy atom. The molecule has 2 unspecified atom stereocenters. The number of anilines is 1. The molecule has 2 amide bonds. The highest BCUT2D eigenvalue weighted by Crippen LogP contribution is 2.55. The van der Waals surface area contributed by atoms with Crippen molar-refractivity contribution in [1.29, 1.82) is 0 Å². The molecule has 5 rings (SSSR count). The third-order valence-electron chi connectivity index (χ3n) is 6.00. The first-order valence-corrected chi connectivity index (χ1v) is 11.8. The molecular weight excluding hydrogens is 438 g/mol. The van der Waals surface area contributed by atoms with E-state index < -0.39 is 5.54 Å². The fourth-order valence-corrected chi connectivity index (χ4v) is 5.45. The van der Waals surface area contributed by atoms with Crippen LogP contribution in [-0.2, 0) is 11.3 Å². The van der Waals surface area contributed by atoms with Gasteiger partial charge in [-0.3, -0.25) is 5.10 Å². The van der Waals surface area contributed by atoms with Gasteiger partial charge in [-0.25, -0.2) is 9.78 Å². The number of H-pyrrole nitrogens is 1. The summed E-state index contributed by atoms with van der Waals surface area (Å²) in [5.74, 6) is 2.80. The summed E-state index contributed by atoms with van der Waals surface area (Å²) in [6, 6.07) is 5.26. The topological polar surface area (TPSA) is 113 Å². The first-order chi connectivity index (χ1) is 15.0. The number of hydrogen-bond acceptors (Lipinski definition) is 7. The number of aromatic amines is 1. The summed E-state index contributed by atoms with van der Waals surface area (Å²) in [6.45, 7) is 2.21. The van der Waals surface area contributed by atoms with Crippen LogP contribution in [0.2, 0.25) is 5.02 Å². The molecule has 2 aliphatic rings. The van der Waals surface area contributed by atoms with E-state index in [1.165, 1.54) is 6.33 Å². The maximum Gasteiger partial charge on any atom is 0.323 e. The van der Waals surface area contributed by atoms with Gasteiger partial charge in [0.1, 0.15) is 11.9 Å². The molecule has 31 heavy (non-hydrogen) atoms. The van der Waals surface area contributed by atoms with Crippen molar-refractivity contribution in [3.63, 3.8) is 0 Å². The van der Waals surface area contributed by atoms with Gasteiger partial charge in [0.25, 0.3) is 0 Å². The quantitative estimate of drug-likeness (QED) is 0.584. The molecule has 3 aromatic rings. The van der Waals surface area contributed by atoms with E-state index in [2.05, 4.69) is 37.6 Å². The van der Waals surface area contributed by atoms with Gasteiger partial charge in [0.05, 0.1) is 10.8 Å². The van der Waals surface area contributed by atoms with Gasteiger partial charge >= 0.3 is 6.03 Å². The second-order valence-corrected chi connectivity index (χ2v) is 9.47. The van der Waals surface area contributed by atoms with E-state index in [1.807, 2.05) is 11.2 Å². The van der Waals surface area contributed by atoms with Crippen molar-refractivity contribution in [2.75, 3.05) is 11.6 Å². The van der Waals surface area contributed by atoms with Gasteiger partial charge < -0.3 is 14.6 Å². The van der Waals surface area contributed by atoms with Crippen LogP contribution in [0.3, 0.4) is 0 Å². The molecule has 0 radical (unpaired) electrons. The second-order valence-electron chi connectivity index (χ2n) is 8.20. The molecule has 1 saturated carbocycles. The first-order valence-electron chi connectivity index (χ1n) is 10.1. The van der Waals surface area contributed by atoms with Gasteiger partial charge in [0, 0.05) is 23.7 Å². The highest BCUT2D eigenvalue weighted by molar-refractivity contribution is 7.97. The molecule has 3 atom stereocenters. The zero-order valence-electron chi connectivity index (χ0n) is 17.1. The molecule has 2 fully saturated rings. The Balaban J connectivity index is 1.41. The van der Waals surface area contributed by atoms with E-state index in [0.717, 1.165) is 19.3 Å². The van der Waals surface area contributed by atoms with E-state index in [4.69, 9.17) is 16.0 Å². The average molecular weight is 460 g/mol. The number of carbonyl (C=O) groups excluding carboxylic acids is 1. The number of urea groups is 1. The monoisotopic (exact) mass is 459 g/mol. The van der Waals surface area contributed by atoms with E-state index in [0.29, 0.717) is 45.6 Å². The van der Waals surface area contributed by atoms with Crippen LogP contribution in [0, 0.1) is 5.92 Å². The zero-order valence-corrected chi connectivity index (χ0v) is 18.7. The summed E-state index contributed by atoms with van der Waals surface area (Å²) in [6.07, 6.45) is 6.02. The number of likely N-dealkylation sites (tertiary alicyclic amines) is 1. The Morgan fingerprint density at radius 3 is 3.06 bits per heavy atom. The Kier molecular flexibility index (Phi) is 5.13. The summed E-state index contributed by atoms with van der Waals surface area (Å²) < 4.78 is 5.97. The van der Waals surface area contributed by atoms with Crippen LogP contribution in [0.15, 0.2) is 28.9 Å². The summed E-state index contributed by atoms with van der Waals surface area (Å²) >= 11 is 7.93. The number of piperidine rings is 1. The van der Waals surface area contributed by atoms with Crippen LogP contribution in [0.4, 0.5) is 10.5 Å². The predicted octanol–water partition coefficient (Wildman–Crippen LogP) is 4.30. The van der Waals surface area contributed by atoms with E-state index >= 15 is 0 Å². The van der Waals surface area contributed by atoms with E-state index in [1.54, 1.807) is 30.0 Å². The first kappa shape index (κ1) is 20.3. The molecule has 1 aliphatic carbocycles. The zero-order chi connectivity index (χ0) is 21.6. The lowest BCUT2D eigenvalue weighted by atomic mass is 9.64. The number of amides is 2. The van der Waals surface area contributed by atoms with E-state index in [-0.39, 0.29) is 12.1 Å². The molecule has 9 nitrogen and oxygen atoms in total. The normalized spacial score (nSPS) is 24.7. The maximum atomic E-state index is 13.4. The lowest BCUT2D eigenvalue weighted by Gasteiger charge is -2.61. The fourth-order valence-electron chi connectivity index (χ4n) is 4.88. The average Bonchev–Trinajstić information content (AvgIpc) is 3.41. The van der Waals surface area contributed by atoms with Gasteiger partial charge in [-0.15, -0.1) is 10.2 Å². The van der Waals surface area contributed by atoms with Crippen molar-refractivity contribution in [2.24, 2.45) is 5.92 Å². The van der Waals surface area contributed by atoms with Crippen molar-refractivity contribution in [1.82, 2.24) is 30.3 Å². The number of halogens is 1. The van der Waals surface area contributed by atoms with Crippen LogP contribution in [0.1, 0.15) is 38.0 Å². The highest BCUT2D eigenvalue weighted by atomic mass is 35.5. The molecule has 1 aromatic carbocycles. The van der Waals surface area contributed by atoms with Gasteiger partial charge in [-0.05, 0) is 43.2 Å². The summed E-state index contributed by atoms with van der Waals surface area (Å²) in [4.78, 5) is 19.4. The number of carbonyl (C=O) groups is 1. The molecule has 2 N–H and O–H groups in total. The number of nitrogens with one attached hydrogen (secondary N) is 2. The molecule has 0 spiro atoms. The minimum absolute atomic E-state index is 0.153. The SMILES string of the molecule is CSCc1nnc(C23CC(C[C@H](C)C2)N3C(=O)Nc2ccc(Cl)c(-c3ncn[nH]3)c2)o1. The van der Waals surface area contributed by atoms with Gasteiger partial charge in [0.2, 0.25) is 11.8 Å². The second kappa shape index (κ2) is 7.83. The van der Waals surface area contributed by atoms with Crippen LogP contribution in [0.25, 0.3) is 11.4 Å². The summed E-state index contributed by atoms with van der Waals surface area (Å²) in [5.41, 5.74) is 0.751. The number of fused-ring (bicyclic) bond motifs is 2. The molecule has 162 valence electrons. The standard InChI is InChI=1S/C20H22ClN7O2S/c1-11-5-13-8-20(7-11,18-27-25-16(30-18)9-31-2)28(13)19(29)24-12-3-4-15(21)14(6-12)17-22-10-23-26-17/h3-4,6,10-11,13H,5,7-9H2,1-2H3,(H,24,29)(H,22,23,26)/t11-,13?,20?/m0/s1. The van der Waals surface area contributed by atoms with Crippen LogP contribution < -0.4 is 5.32 Å². The smallest absolute Gasteiger partial charge is 0.323 e. The number of nitrogens with zero attached hydrogens (tertiary/aromatic N) is 5. The van der Waals surface area contributed by atoms with Crippen molar-refractivity contribution in [3.05, 3.63) is 41.3 Å². The van der Waals surface area contributed by atoms with Gasteiger partial charge in [0.15, 0.2) is 5.82 Å². The fraction of sp³-hybridized carbons (Fsp3) is 0.450. The van der Waals surface area contributed by atoms with Gasteiger partial charge in [-0.2, -0.15) is 16.9 Å². The number of rotatable bonds is 5.